The lowest BCUT2D eigenvalue weighted by molar-refractivity contribution is -0.122. The van der Waals surface area contributed by atoms with Gasteiger partial charge in [-0.2, -0.15) is 0 Å². The third kappa shape index (κ3) is 15.6. The Hall–Kier alpha value is -2.20. The molecule has 0 bridgehead atoms. The average molecular weight is 520 g/mol. The summed E-state index contributed by atoms with van der Waals surface area (Å²) in [7, 11) is 0. The van der Waals surface area contributed by atoms with Crippen LogP contribution in [0.3, 0.4) is 0 Å². The number of ether oxygens (including phenoxy) is 5. The summed E-state index contributed by atoms with van der Waals surface area (Å²) in [5, 5.41) is 0. The molecule has 8 heteroatoms. The highest BCUT2D eigenvalue weighted by atomic mass is 19.1. The van der Waals surface area contributed by atoms with Crippen LogP contribution in [0.1, 0.15) is 25.0 Å². The molecule has 0 spiro atoms. The maximum Gasteiger partial charge on any atom is 0.155 e. The van der Waals surface area contributed by atoms with Gasteiger partial charge in [0.15, 0.2) is 5.78 Å². The Labute approximate surface area is 220 Å². The van der Waals surface area contributed by atoms with Crippen LogP contribution in [0.2, 0.25) is 0 Å². The van der Waals surface area contributed by atoms with Gasteiger partial charge in [0.25, 0.3) is 0 Å². The van der Waals surface area contributed by atoms with Crippen LogP contribution in [0.25, 0.3) is 0 Å². The van der Waals surface area contributed by atoms with Crippen LogP contribution in [-0.2, 0) is 41.6 Å². The van der Waals surface area contributed by atoms with E-state index in [1.165, 1.54) is 6.92 Å². The summed E-state index contributed by atoms with van der Waals surface area (Å²) in [6.45, 7) is 8.28. The van der Waals surface area contributed by atoms with E-state index < -0.39 is 12.3 Å². The van der Waals surface area contributed by atoms with Crippen molar-refractivity contribution < 1.29 is 32.9 Å². The molecule has 0 saturated carbocycles. The molecule has 7 nitrogen and oxygen atoms in total. The van der Waals surface area contributed by atoms with E-state index in [1.54, 1.807) is 6.92 Å². The molecule has 0 heterocycles. The van der Waals surface area contributed by atoms with E-state index in [2.05, 4.69) is 29.2 Å². The predicted octanol–water partition coefficient (Wildman–Crippen LogP) is 4.09. The Bertz CT molecular complexity index is 784. The highest BCUT2D eigenvalue weighted by Crippen LogP contribution is 2.14. The first-order valence-electron chi connectivity index (χ1n) is 12.9. The number of hydrogen-bond donors (Lipinski definition) is 0. The number of carbonyl (C=O) groups is 1. The van der Waals surface area contributed by atoms with Crippen molar-refractivity contribution in [1.29, 1.82) is 0 Å². The van der Waals surface area contributed by atoms with Crippen molar-refractivity contribution in [2.75, 3.05) is 66.0 Å². The van der Waals surface area contributed by atoms with Crippen LogP contribution >= 0.6 is 0 Å². The van der Waals surface area contributed by atoms with E-state index in [0.29, 0.717) is 65.9 Å². The number of carbonyl (C=O) groups excluding carboxylic acids is 1. The Morgan fingerprint density at radius 2 is 1.16 bits per heavy atom. The molecular formula is C29H42FNO6. The quantitative estimate of drug-likeness (QED) is 0.217. The summed E-state index contributed by atoms with van der Waals surface area (Å²) < 4.78 is 42.2. The number of benzene rings is 2. The molecule has 37 heavy (non-hydrogen) atoms. The summed E-state index contributed by atoms with van der Waals surface area (Å²) in [4.78, 5) is 12.9. The van der Waals surface area contributed by atoms with Crippen molar-refractivity contribution in [3.63, 3.8) is 0 Å². The molecule has 0 radical (unpaired) electrons. The second-order valence-corrected chi connectivity index (χ2v) is 8.82. The molecule has 0 amide bonds. The maximum absolute atomic E-state index is 15.1. The fraction of sp³-hybridized carbons (Fsp3) is 0.552. The highest BCUT2D eigenvalue weighted by Gasteiger charge is 2.21. The largest absolute Gasteiger partial charge is 0.377 e. The topological polar surface area (TPSA) is 66.5 Å². The zero-order valence-electron chi connectivity index (χ0n) is 22.2. The van der Waals surface area contributed by atoms with E-state index in [0.717, 1.165) is 11.1 Å². The van der Waals surface area contributed by atoms with Gasteiger partial charge in [-0.05, 0) is 25.0 Å². The molecule has 2 aromatic carbocycles. The molecule has 0 aromatic heterocycles. The molecule has 0 N–H and O–H groups in total. The molecule has 0 aliphatic rings. The van der Waals surface area contributed by atoms with E-state index >= 15 is 4.39 Å². The summed E-state index contributed by atoms with van der Waals surface area (Å²) in [6.07, 6.45) is -1.66. The van der Waals surface area contributed by atoms with Gasteiger partial charge in [-0.1, -0.05) is 60.7 Å². The molecule has 0 saturated heterocycles. The van der Waals surface area contributed by atoms with Gasteiger partial charge < -0.3 is 23.7 Å². The minimum Gasteiger partial charge on any atom is -0.377 e. The minimum atomic E-state index is -1.12. The lowest BCUT2D eigenvalue weighted by Crippen LogP contribution is -2.36. The number of hydrogen-bond acceptors (Lipinski definition) is 7. The molecule has 0 fully saturated rings. The average Bonchev–Trinajstić information content (AvgIpc) is 2.89. The predicted molar refractivity (Wildman–Crippen MR) is 141 cm³/mol. The van der Waals surface area contributed by atoms with E-state index in [9.17, 15) is 4.79 Å². The van der Waals surface area contributed by atoms with E-state index in [1.807, 2.05) is 36.4 Å². The molecule has 0 aliphatic heterocycles. The van der Waals surface area contributed by atoms with Gasteiger partial charge in [0, 0.05) is 19.6 Å². The molecule has 2 rings (SSSR count). The van der Waals surface area contributed by atoms with Crippen LogP contribution < -0.4 is 0 Å². The number of halogens is 1. The first-order chi connectivity index (χ1) is 18.0. The summed E-state index contributed by atoms with van der Waals surface area (Å²) in [5.41, 5.74) is 2.31. The first-order valence-corrected chi connectivity index (χ1v) is 12.9. The second-order valence-electron chi connectivity index (χ2n) is 8.82. The summed E-state index contributed by atoms with van der Waals surface area (Å²) >= 11 is 0. The first kappa shape index (κ1) is 31.0. The van der Waals surface area contributed by atoms with Crippen LogP contribution in [0, 0.1) is 0 Å². The number of alkyl halides is 1. The monoisotopic (exact) mass is 519 g/mol. The lowest BCUT2D eigenvalue weighted by atomic mass is 10.1. The van der Waals surface area contributed by atoms with Crippen LogP contribution in [0.5, 0.6) is 0 Å². The Balaban J connectivity index is 1.55. The standard InChI is InChI=1S/C29H42FNO6/c1-25(32)24-36-18-17-34-14-13-33-15-16-35-19-20-37-26(2)29(30)23-31(21-27-9-5-3-6-10-27)22-28-11-7-4-8-12-28/h3-12,26,29H,13-24H2,1-2H3. The molecule has 2 aromatic rings. The fourth-order valence-corrected chi connectivity index (χ4v) is 3.54. The van der Waals surface area contributed by atoms with Crippen molar-refractivity contribution in [2.45, 2.75) is 39.2 Å². The number of rotatable bonds is 22. The third-order valence-corrected chi connectivity index (χ3v) is 5.47. The van der Waals surface area contributed by atoms with Crippen LogP contribution in [0.15, 0.2) is 60.7 Å². The second kappa shape index (κ2) is 19.9. The Morgan fingerprint density at radius 3 is 1.62 bits per heavy atom. The molecule has 2 atom stereocenters. The van der Waals surface area contributed by atoms with Gasteiger partial charge in [-0.3, -0.25) is 9.69 Å². The van der Waals surface area contributed by atoms with Gasteiger partial charge in [0.1, 0.15) is 12.8 Å². The Morgan fingerprint density at radius 1 is 0.730 bits per heavy atom. The Kier molecular flexibility index (Phi) is 16.6. The van der Waals surface area contributed by atoms with Crippen molar-refractivity contribution >= 4 is 5.78 Å². The number of ketones is 1. The normalized spacial score (nSPS) is 13.1. The molecule has 0 aliphatic carbocycles. The fourth-order valence-electron chi connectivity index (χ4n) is 3.54. The third-order valence-electron chi connectivity index (χ3n) is 5.47. The SMILES string of the molecule is CC(=O)COCCOCCOCCOCCOC(C)C(F)CN(Cc1ccccc1)Cc1ccccc1. The van der Waals surface area contributed by atoms with E-state index in [4.69, 9.17) is 23.7 Å². The number of nitrogens with zero attached hydrogens (tertiary/aromatic N) is 1. The van der Waals surface area contributed by atoms with Crippen molar-refractivity contribution in [1.82, 2.24) is 4.90 Å². The summed E-state index contributed by atoms with van der Waals surface area (Å²) in [6, 6.07) is 20.2. The van der Waals surface area contributed by atoms with Crippen LogP contribution in [-0.4, -0.2) is 89.0 Å². The van der Waals surface area contributed by atoms with Crippen molar-refractivity contribution in [3.8, 4) is 0 Å². The highest BCUT2D eigenvalue weighted by molar-refractivity contribution is 5.76. The minimum absolute atomic E-state index is 0.00276. The smallest absolute Gasteiger partial charge is 0.155 e. The van der Waals surface area contributed by atoms with Gasteiger partial charge in [-0.15, -0.1) is 0 Å². The van der Waals surface area contributed by atoms with Crippen molar-refractivity contribution in [2.24, 2.45) is 0 Å². The molecular weight excluding hydrogens is 477 g/mol. The van der Waals surface area contributed by atoms with Gasteiger partial charge in [0.2, 0.25) is 0 Å². The van der Waals surface area contributed by atoms with Gasteiger partial charge >= 0.3 is 0 Å². The lowest BCUT2D eigenvalue weighted by Gasteiger charge is -2.27. The molecule has 206 valence electrons. The zero-order chi connectivity index (χ0) is 26.6. The number of Topliss-reactive ketones (excluding diaryl/α,β-unsaturated/α-hetero) is 1. The summed E-state index contributed by atoms with van der Waals surface area (Å²) in [5.74, 6) is -0.00276. The van der Waals surface area contributed by atoms with Crippen molar-refractivity contribution in [3.05, 3.63) is 71.8 Å². The zero-order valence-corrected chi connectivity index (χ0v) is 22.2. The molecule has 2 unspecified atom stereocenters. The maximum atomic E-state index is 15.1. The van der Waals surface area contributed by atoms with Gasteiger partial charge in [-0.25, -0.2) is 4.39 Å². The van der Waals surface area contributed by atoms with E-state index in [-0.39, 0.29) is 18.9 Å². The van der Waals surface area contributed by atoms with Gasteiger partial charge in [0.05, 0.1) is 59.0 Å². The van der Waals surface area contributed by atoms with Crippen LogP contribution in [0.4, 0.5) is 4.39 Å².